The molecule has 0 unspecified atom stereocenters. The number of nitrogens with zero attached hydrogens (tertiary/aromatic N) is 4. The van der Waals surface area contributed by atoms with E-state index in [9.17, 15) is 14.0 Å². The zero-order chi connectivity index (χ0) is 25.5. The first-order valence-corrected chi connectivity index (χ1v) is 13.4. The molecule has 37 heavy (non-hydrogen) atoms. The molecule has 1 N–H and O–H groups in total. The van der Waals surface area contributed by atoms with Crippen LogP contribution in [-0.2, 0) is 13.5 Å². The van der Waals surface area contributed by atoms with Gasteiger partial charge in [0.05, 0.1) is 0 Å². The Bertz CT molecular complexity index is 1440. The zero-order valence-electron chi connectivity index (χ0n) is 20.6. The van der Waals surface area contributed by atoms with Gasteiger partial charge >= 0.3 is 0 Å². The van der Waals surface area contributed by atoms with Crippen molar-refractivity contribution in [3.63, 3.8) is 0 Å². The van der Waals surface area contributed by atoms with Crippen molar-refractivity contribution in [3.8, 4) is 0 Å². The Labute approximate surface area is 218 Å². The molecule has 2 aromatic carbocycles. The van der Waals surface area contributed by atoms with Gasteiger partial charge in [-0.25, -0.2) is 9.37 Å². The van der Waals surface area contributed by atoms with Crippen molar-refractivity contribution in [2.75, 3.05) is 26.2 Å². The van der Waals surface area contributed by atoms with Gasteiger partial charge in [-0.15, -0.1) is 11.3 Å². The van der Waals surface area contributed by atoms with Gasteiger partial charge in [0.2, 0.25) is 0 Å². The second kappa shape index (κ2) is 9.72. The molecular weight excluding hydrogens is 489 g/mol. The summed E-state index contributed by atoms with van der Waals surface area (Å²) in [6, 6.07) is 12.9. The van der Waals surface area contributed by atoms with Gasteiger partial charge in [0.1, 0.15) is 5.82 Å². The third kappa shape index (κ3) is 4.76. The molecule has 4 heterocycles. The highest BCUT2D eigenvalue weighted by Gasteiger charge is 2.35. The topological polar surface area (TPSA) is 70.5 Å². The van der Waals surface area contributed by atoms with Gasteiger partial charge in [0.15, 0.2) is 5.01 Å². The summed E-state index contributed by atoms with van der Waals surface area (Å²) in [6.45, 7) is 2.73. The number of halogens is 1. The summed E-state index contributed by atoms with van der Waals surface area (Å²) >= 11 is 1.37. The van der Waals surface area contributed by atoms with E-state index in [2.05, 4.69) is 16.5 Å². The Morgan fingerprint density at radius 1 is 1.05 bits per heavy atom. The van der Waals surface area contributed by atoms with E-state index in [-0.39, 0.29) is 29.7 Å². The van der Waals surface area contributed by atoms with E-state index in [1.807, 2.05) is 57.1 Å². The molecule has 2 aromatic heterocycles. The van der Waals surface area contributed by atoms with Gasteiger partial charge in [0, 0.05) is 79.6 Å². The van der Waals surface area contributed by atoms with E-state index in [1.54, 1.807) is 6.20 Å². The van der Waals surface area contributed by atoms with Crippen molar-refractivity contribution in [2.45, 2.75) is 24.9 Å². The van der Waals surface area contributed by atoms with E-state index >= 15 is 0 Å². The molecule has 7 nitrogen and oxygen atoms in total. The van der Waals surface area contributed by atoms with Crippen LogP contribution >= 0.6 is 11.3 Å². The molecule has 0 aliphatic carbocycles. The number of hydrogen-bond acceptors (Lipinski definition) is 5. The Hall–Kier alpha value is -3.56. The molecule has 0 radical (unpaired) electrons. The highest BCUT2D eigenvalue weighted by molar-refractivity contribution is 7.11. The number of hydrogen-bond donors (Lipinski definition) is 1. The van der Waals surface area contributed by atoms with Gasteiger partial charge in [0.25, 0.3) is 11.8 Å². The molecule has 2 saturated heterocycles. The summed E-state index contributed by atoms with van der Waals surface area (Å²) in [4.78, 5) is 33.5. The van der Waals surface area contributed by atoms with Crippen LogP contribution in [-0.4, -0.2) is 69.4 Å². The monoisotopic (exact) mass is 517 g/mol. The summed E-state index contributed by atoms with van der Waals surface area (Å²) in [5.41, 5.74) is 3.89. The fourth-order valence-corrected chi connectivity index (χ4v) is 5.98. The predicted octanol–water partition coefficient (Wildman–Crippen LogP) is 3.69. The summed E-state index contributed by atoms with van der Waals surface area (Å²) in [5.74, 6) is -0.199. The van der Waals surface area contributed by atoms with Crippen LogP contribution in [0.5, 0.6) is 0 Å². The summed E-state index contributed by atoms with van der Waals surface area (Å²) in [5, 5.41) is 7.08. The number of fused-ring (bicyclic) bond motifs is 1. The molecule has 2 aliphatic rings. The van der Waals surface area contributed by atoms with E-state index < -0.39 is 0 Å². The minimum atomic E-state index is -0.236. The molecule has 6 rings (SSSR count). The third-order valence-electron chi connectivity index (χ3n) is 7.36. The van der Waals surface area contributed by atoms with Crippen molar-refractivity contribution >= 4 is 34.1 Å². The molecule has 190 valence electrons. The lowest BCUT2D eigenvalue weighted by molar-refractivity contribution is 0.0553. The Morgan fingerprint density at radius 2 is 1.84 bits per heavy atom. The first-order chi connectivity index (χ1) is 17.9. The fraction of sp³-hybridized carbons (Fsp3) is 0.321. The molecule has 2 fully saturated rings. The third-order valence-corrected chi connectivity index (χ3v) is 8.12. The molecule has 4 aromatic rings. The van der Waals surface area contributed by atoms with Crippen molar-refractivity contribution < 1.29 is 14.0 Å². The SMILES string of the molecule is Cn1cc(Cc2ccc(F)cc2)c2ccc(C(=O)N3CC(N[C@H]4CCN(C(=O)c5nccs5)C4)C3)cc21. The lowest BCUT2D eigenvalue weighted by Gasteiger charge is -2.41. The Morgan fingerprint density at radius 3 is 2.59 bits per heavy atom. The average Bonchev–Trinajstić information content (AvgIpc) is 3.63. The van der Waals surface area contributed by atoms with Crippen LogP contribution < -0.4 is 5.32 Å². The van der Waals surface area contributed by atoms with Crippen molar-refractivity contribution in [1.29, 1.82) is 0 Å². The number of likely N-dealkylation sites (tertiary alicyclic amines) is 2. The highest BCUT2D eigenvalue weighted by atomic mass is 32.1. The van der Waals surface area contributed by atoms with Gasteiger partial charge in [-0.3, -0.25) is 9.59 Å². The zero-order valence-corrected chi connectivity index (χ0v) is 21.4. The molecule has 0 spiro atoms. The summed E-state index contributed by atoms with van der Waals surface area (Å²) in [6.07, 6.45) is 5.35. The van der Waals surface area contributed by atoms with E-state index in [0.29, 0.717) is 36.6 Å². The number of nitrogens with one attached hydrogen (secondary N) is 1. The van der Waals surface area contributed by atoms with Crippen molar-refractivity contribution in [2.24, 2.45) is 7.05 Å². The second-order valence-electron chi connectivity index (χ2n) is 9.95. The van der Waals surface area contributed by atoms with Crippen LogP contribution in [0.4, 0.5) is 4.39 Å². The Kier molecular flexibility index (Phi) is 6.26. The van der Waals surface area contributed by atoms with Crippen LogP contribution in [0, 0.1) is 5.82 Å². The lowest BCUT2D eigenvalue weighted by atomic mass is 10.0. The van der Waals surface area contributed by atoms with Crippen LogP contribution in [0.15, 0.2) is 60.2 Å². The molecule has 2 amide bonds. The van der Waals surface area contributed by atoms with Crippen LogP contribution in [0.25, 0.3) is 10.9 Å². The number of aryl methyl sites for hydroxylation is 1. The average molecular weight is 518 g/mol. The van der Waals surface area contributed by atoms with Crippen LogP contribution in [0.2, 0.25) is 0 Å². The predicted molar refractivity (Wildman–Crippen MR) is 141 cm³/mol. The Balaban J connectivity index is 1.05. The number of amides is 2. The summed E-state index contributed by atoms with van der Waals surface area (Å²) < 4.78 is 15.3. The van der Waals surface area contributed by atoms with Gasteiger partial charge in [-0.05, 0) is 48.2 Å². The number of thiazole rings is 1. The number of carbonyl (C=O) groups is 2. The first kappa shape index (κ1) is 23.8. The van der Waals surface area contributed by atoms with E-state index in [4.69, 9.17) is 0 Å². The molecule has 9 heteroatoms. The van der Waals surface area contributed by atoms with Crippen LogP contribution in [0.3, 0.4) is 0 Å². The van der Waals surface area contributed by atoms with Crippen LogP contribution in [0.1, 0.15) is 37.7 Å². The van der Waals surface area contributed by atoms with E-state index in [0.717, 1.165) is 35.0 Å². The maximum atomic E-state index is 13.3. The van der Waals surface area contributed by atoms with Gasteiger partial charge < -0.3 is 19.7 Å². The fourth-order valence-electron chi connectivity index (χ4n) is 5.37. The molecule has 1 atom stereocenters. The van der Waals surface area contributed by atoms with Gasteiger partial charge in [-0.1, -0.05) is 18.2 Å². The number of aromatic nitrogens is 2. The lowest BCUT2D eigenvalue weighted by Crippen LogP contribution is -2.62. The second-order valence-corrected chi connectivity index (χ2v) is 10.8. The molecule has 0 bridgehead atoms. The highest BCUT2D eigenvalue weighted by Crippen LogP contribution is 2.26. The maximum absolute atomic E-state index is 13.3. The minimum absolute atomic E-state index is 0.00149. The number of rotatable bonds is 6. The molecule has 2 aliphatic heterocycles. The summed E-state index contributed by atoms with van der Waals surface area (Å²) in [7, 11) is 1.98. The first-order valence-electron chi connectivity index (χ1n) is 12.5. The normalized spacial score (nSPS) is 17.9. The standard InChI is InChI=1S/C28H28FN5O2S/c1-32-14-20(12-18-2-5-21(29)6-3-18)24-7-4-19(13-25(24)32)27(35)34-16-23(17-34)31-22-8-10-33(15-22)28(36)26-30-9-11-37-26/h2-7,9,11,13-14,22-23,31H,8,10,12,15-17H2,1H3/t22-/m0/s1. The molecular formula is C28H28FN5O2S. The van der Waals surface area contributed by atoms with Crippen molar-refractivity contribution in [3.05, 3.63) is 87.8 Å². The number of benzene rings is 2. The maximum Gasteiger partial charge on any atom is 0.282 e. The quantitative estimate of drug-likeness (QED) is 0.424. The van der Waals surface area contributed by atoms with Crippen molar-refractivity contribution in [1.82, 2.24) is 24.7 Å². The number of carbonyl (C=O) groups excluding carboxylic acids is 2. The largest absolute Gasteiger partial charge is 0.350 e. The minimum Gasteiger partial charge on any atom is -0.350 e. The van der Waals surface area contributed by atoms with Gasteiger partial charge in [-0.2, -0.15) is 0 Å². The molecule has 0 saturated carbocycles. The van der Waals surface area contributed by atoms with E-state index in [1.165, 1.54) is 23.5 Å². The smallest absolute Gasteiger partial charge is 0.282 e.